The topological polar surface area (TPSA) is 12.0 Å². The normalized spacial score (nSPS) is 12.6. The summed E-state index contributed by atoms with van der Waals surface area (Å²) < 4.78 is 12.9. The first-order chi connectivity index (χ1) is 8.70. The lowest BCUT2D eigenvalue weighted by Crippen LogP contribution is -2.23. The molecule has 1 aromatic heterocycles. The molecule has 1 aromatic carbocycles. The molecule has 96 valence electrons. The first kappa shape index (κ1) is 13.2. The van der Waals surface area contributed by atoms with Crippen molar-refractivity contribution in [1.29, 1.82) is 0 Å². The van der Waals surface area contributed by atoms with Gasteiger partial charge in [0.25, 0.3) is 0 Å². The van der Waals surface area contributed by atoms with Crippen LogP contribution in [0.15, 0.2) is 35.7 Å². The average molecular weight is 263 g/mol. The van der Waals surface area contributed by atoms with Crippen molar-refractivity contribution in [2.24, 2.45) is 0 Å². The summed E-state index contributed by atoms with van der Waals surface area (Å²) in [5.41, 5.74) is 2.51. The third kappa shape index (κ3) is 3.18. The Balaban J connectivity index is 2.16. The van der Waals surface area contributed by atoms with E-state index >= 15 is 0 Å². The molecule has 1 unspecified atom stereocenters. The number of rotatable bonds is 5. The molecule has 2 rings (SSSR count). The molecule has 0 radical (unpaired) electrons. The molecule has 0 aliphatic carbocycles. The fourth-order valence-corrected chi connectivity index (χ4v) is 2.92. The number of thiophene rings is 1. The lowest BCUT2D eigenvalue weighted by Gasteiger charge is -2.18. The van der Waals surface area contributed by atoms with E-state index in [1.165, 1.54) is 22.6 Å². The Hall–Kier alpha value is -1.19. The van der Waals surface area contributed by atoms with Crippen molar-refractivity contribution in [3.63, 3.8) is 0 Å². The predicted molar refractivity (Wildman–Crippen MR) is 75.6 cm³/mol. The maximum Gasteiger partial charge on any atom is 0.123 e. The minimum atomic E-state index is -0.175. The van der Waals surface area contributed by atoms with Crippen LogP contribution in [0.3, 0.4) is 0 Å². The minimum absolute atomic E-state index is 0.175. The van der Waals surface area contributed by atoms with Crippen molar-refractivity contribution >= 4 is 11.3 Å². The van der Waals surface area contributed by atoms with E-state index < -0.39 is 0 Å². The molecule has 0 bridgehead atoms. The first-order valence-electron chi connectivity index (χ1n) is 6.22. The van der Waals surface area contributed by atoms with Crippen molar-refractivity contribution in [2.75, 3.05) is 6.54 Å². The van der Waals surface area contributed by atoms with E-state index in [2.05, 4.69) is 30.6 Å². The highest BCUT2D eigenvalue weighted by Crippen LogP contribution is 2.25. The summed E-state index contributed by atoms with van der Waals surface area (Å²) in [5.74, 6) is -0.175. The van der Waals surface area contributed by atoms with Crippen LogP contribution in [0, 0.1) is 12.7 Å². The summed E-state index contributed by atoms with van der Waals surface area (Å²) in [5, 5.41) is 5.63. The van der Waals surface area contributed by atoms with Gasteiger partial charge in [-0.25, -0.2) is 4.39 Å². The molecule has 1 N–H and O–H groups in total. The Morgan fingerprint density at radius 2 is 1.94 bits per heavy atom. The maximum atomic E-state index is 12.9. The van der Waals surface area contributed by atoms with Crippen LogP contribution in [-0.4, -0.2) is 6.54 Å². The summed E-state index contributed by atoms with van der Waals surface area (Å²) in [6, 6.07) is 9.27. The number of likely N-dealkylation sites (N-methyl/N-ethyl adjacent to an activating group) is 1. The molecule has 0 saturated carbocycles. The summed E-state index contributed by atoms with van der Waals surface area (Å²) in [7, 11) is 0. The second kappa shape index (κ2) is 6.12. The van der Waals surface area contributed by atoms with Crippen LogP contribution in [0.2, 0.25) is 0 Å². The van der Waals surface area contributed by atoms with Gasteiger partial charge in [-0.1, -0.05) is 19.1 Å². The molecule has 1 nitrogen and oxygen atoms in total. The maximum absolute atomic E-state index is 12.9. The Kier molecular flexibility index (Phi) is 4.50. The molecule has 0 saturated heterocycles. The Bertz CT molecular complexity index is 489. The van der Waals surface area contributed by atoms with Gasteiger partial charge in [0.05, 0.1) is 0 Å². The summed E-state index contributed by atoms with van der Waals surface area (Å²) in [4.78, 5) is 1.35. The van der Waals surface area contributed by atoms with Crippen LogP contribution in [-0.2, 0) is 6.42 Å². The van der Waals surface area contributed by atoms with Crippen molar-refractivity contribution in [1.82, 2.24) is 5.32 Å². The van der Waals surface area contributed by atoms with Crippen LogP contribution in [0.1, 0.15) is 29.0 Å². The van der Waals surface area contributed by atoms with Crippen molar-refractivity contribution in [3.05, 3.63) is 57.5 Å². The van der Waals surface area contributed by atoms with Gasteiger partial charge in [-0.05, 0) is 54.6 Å². The van der Waals surface area contributed by atoms with Gasteiger partial charge in [0.2, 0.25) is 0 Å². The van der Waals surface area contributed by atoms with Gasteiger partial charge in [-0.2, -0.15) is 0 Å². The molecule has 0 spiro atoms. The third-order valence-corrected chi connectivity index (χ3v) is 3.94. The fourth-order valence-electron chi connectivity index (χ4n) is 2.15. The van der Waals surface area contributed by atoms with Gasteiger partial charge in [0.1, 0.15) is 5.82 Å². The fraction of sp³-hybridized carbons (Fsp3) is 0.333. The lowest BCUT2D eigenvalue weighted by molar-refractivity contribution is 0.548. The van der Waals surface area contributed by atoms with Gasteiger partial charge < -0.3 is 5.32 Å². The highest BCUT2D eigenvalue weighted by Gasteiger charge is 2.14. The molecule has 3 heteroatoms. The average Bonchev–Trinajstić information content (AvgIpc) is 2.78. The highest BCUT2D eigenvalue weighted by molar-refractivity contribution is 7.10. The van der Waals surface area contributed by atoms with E-state index in [-0.39, 0.29) is 5.82 Å². The standard InChI is InChI=1S/C15H18FNS/c1-3-17-15(14-8-9-18-11(14)2)10-12-4-6-13(16)7-5-12/h4-9,15,17H,3,10H2,1-2H3. The van der Waals surface area contributed by atoms with E-state index in [0.29, 0.717) is 6.04 Å². The largest absolute Gasteiger partial charge is 0.310 e. The SMILES string of the molecule is CCNC(Cc1ccc(F)cc1)c1ccsc1C. The van der Waals surface area contributed by atoms with Crippen LogP contribution in [0.4, 0.5) is 4.39 Å². The van der Waals surface area contributed by atoms with Gasteiger partial charge in [-0.3, -0.25) is 0 Å². The minimum Gasteiger partial charge on any atom is -0.310 e. The second-order valence-electron chi connectivity index (χ2n) is 4.37. The summed E-state index contributed by atoms with van der Waals surface area (Å²) >= 11 is 1.77. The Morgan fingerprint density at radius 1 is 1.22 bits per heavy atom. The quantitative estimate of drug-likeness (QED) is 0.856. The zero-order chi connectivity index (χ0) is 13.0. The molecule has 0 fully saturated rings. The molecular formula is C15H18FNS. The van der Waals surface area contributed by atoms with Gasteiger partial charge in [-0.15, -0.1) is 11.3 Å². The number of hydrogen-bond acceptors (Lipinski definition) is 2. The molecule has 0 amide bonds. The first-order valence-corrected chi connectivity index (χ1v) is 7.10. The smallest absolute Gasteiger partial charge is 0.123 e. The van der Waals surface area contributed by atoms with Gasteiger partial charge >= 0.3 is 0 Å². The van der Waals surface area contributed by atoms with Crippen LogP contribution >= 0.6 is 11.3 Å². The number of benzene rings is 1. The second-order valence-corrected chi connectivity index (χ2v) is 5.49. The monoisotopic (exact) mass is 263 g/mol. The predicted octanol–water partition coefficient (Wildman–Crippen LogP) is 4.09. The molecular weight excluding hydrogens is 245 g/mol. The Labute approximate surface area is 112 Å². The van der Waals surface area contributed by atoms with E-state index in [1.54, 1.807) is 11.3 Å². The summed E-state index contributed by atoms with van der Waals surface area (Å²) in [6.07, 6.45) is 0.895. The van der Waals surface area contributed by atoms with Crippen molar-refractivity contribution < 1.29 is 4.39 Å². The van der Waals surface area contributed by atoms with Crippen LogP contribution in [0.5, 0.6) is 0 Å². The van der Waals surface area contributed by atoms with Crippen molar-refractivity contribution in [3.8, 4) is 0 Å². The van der Waals surface area contributed by atoms with Crippen LogP contribution in [0.25, 0.3) is 0 Å². The number of hydrogen-bond donors (Lipinski definition) is 1. The number of aryl methyl sites for hydroxylation is 1. The van der Waals surface area contributed by atoms with E-state index in [9.17, 15) is 4.39 Å². The number of nitrogens with one attached hydrogen (secondary N) is 1. The summed E-state index contributed by atoms with van der Waals surface area (Å²) in [6.45, 7) is 5.19. The molecule has 0 aliphatic rings. The van der Waals surface area contributed by atoms with Gasteiger partial charge in [0, 0.05) is 10.9 Å². The van der Waals surface area contributed by atoms with Crippen LogP contribution < -0.4 is 5.32 Å². The molecule has 2 aromatic rings. The number of halogens is 1. The molecule has 1 atom stereocenters. The van der Waals surface area contributed by atoms with Crippen molar-refractivity contribution in [2.45, 2.75) is 26.3 Å². The van der Waals surface area contributed by atoms with E-state index in [0.717, 1.165) is 18.5 Å². The Morgan fingerprint density at radius 3 is 2.50 bits per heavy atom. The molecule has 1 heterocycles. The molecule has 0 aliphatic heterocycles. The highest BCUT2D eigenvalue weighted by atomic mass is 32.1. The lowest BCUT2D eigenvalue weighted by atomic mass is 9.99. The third-order valence-electron chi connectivity index (χ3n) is 3.08. The zero-order valence-electron chi connectivity index (χ0n) is 10.7. The van der Waals surface area contributed by atoms with E-state index in [4.69, 9.17) is 0 Å². The zero-order valence-corrected chi connectivity index (χ0v) is 11.6. The van der Waals surface area contributed by atoms with E-state index in [1.807, 2.05) is 12.1 Å². The van der Waals surface area contributed by atoms with Gasteiger partial charge in [0.15, 0.2) is 0 Å². The molecule has 18 heavy (non-hydrogen) atoms.